The standard InChI is InChI=1S/C19H16ClN3/c1-12-5-3-8-15(9-12)22-17(11-21)16-10-14-7-4-6-13(2)18(14)23-19(16)20/h3-10,17,22H,1-2H3/t17-/m1/s1. The SMILES string of the molecule is Cc1cccc(N[C@H](C#N)c2cc3cccc(C)c3nc2Cl)c1. The minimum atomic E-state index is -0.554. The highest BCUT2D eigenvalue weighted by Crippen LogP contribution is 2.29. The number of para-hydroxylation sites is 1. The lowest BCUT2D eigenvalue weighted by molar-refractivity contribution is 0.988. The molecule has 3 aromatic rings. The first-order valence-electron chi connectivity index (χ1n) is 7.37. The molecule has 0 aliphatic rings. The molecule has 0 saturated heterocycles. The van der Waals surface area contributed by atoms with Crippen molar-refractivity contribution in [2.24, 2.45) is 0 Å². The summed E-state index contributed by atoms with van der Waals surface area (Å²) >= 11 is 6.34. The summed E-state index contributed by atoms with van der Waals surface area (Å²) in [6, 6.07) is 17.5. The molecule has 3 rings (SSSR count). The Morgan fingerprint density at radius 2 is 1.91 bits per heavy atom. The van der Waals surface area contributed by atoms with Crippen LogP contribution in [0.5, 0.6) is 0 Å². The topological polar surface area (TPSA) is 48.7 Å². The summed E-state index contributed by atoms with van der Waals surface area (Å²) in [5.41, 5.74) is 4.64. The Morgan fingerprint density at radius 1 is 1.13 bits per heavy atom. The molecule has 0 unspecified atom stereocenters. The van der Waals surface area contributed by atoms with E-state index in [2.05, 4.69) is 16.4 Å². The number of halogens is 1. The Balaban J connectivity index is 2.03. The predicted octanol–water partition coefficient (Wildman–Crippen LogP) is 5.18. The number of nitriles is 1. The van der Waals surface area contributed by atoms with Crippen molar-refractivity contribution in [1.82, 2.24) is 4.98 Å². The second kappa shape index (κ2) is 6.28. The van der Waals surface area contributed by atoms with E-state index in [1.807, 2.05) is 62.4 Å². The molecule has 0 radical (unpaired) electrons. The Hall–Kier alpha value is -2.57. The summed E-state index contributed by atoms with van der Waals surface area (Å²) in [6.07, 6.45) is 0. The molecule has 1 aromatic heterocycles. The van der Waals surface area contributed by atoms with Crippen molar-refractivity contribution < 1.29 is 0 Å². The van der Waals surface area contributed by atoms with E-state index in [-0.39, 0.29) is 0 Å². The van der Waals surface area contributed by atoms with Gasteiger partial charge in [0.2, 0.25) is 0 Å². The molecule has 2 aromatic carbocycles. The number of aryl methyl sites for hydroxylation is 2. The predicted molar refractivity (Wildman–Crippen MR) is 94.6 cm³/mol. The number of aromatic nitrogens is 1. The number of benzene rings is 2. The van der Waals surface area contributed by atoms with Gasteiger partial charge in [-0.3, -0.25) is 0 Å². The molecular formula is C19H16ClN3. The molecule has 0 aliphatic carbocycles. The normalized spacial score (nSPS) is 11.9. The van der Waals surface area contributed by atoms with E-state index in [1.165, 1.54) is 0 Å². The van der Waals surface area contributed by atoms with Crippen LogP contribution in [-0.2, 0) is 0 Å². The molecule has 4 heteroatoms. The van der Waals surface area contributed by atoms with Crippen LogP contribution in [0.25, 0.3) is 10.9 Å². The second-order valence-corrected chi connectivity index (χ2v) is 5.95. The molecule has 114 valence electrons. The smallest absolute Gasteiger partial charge is 0.143 e. The average molecular weight is 322 g/mol. The molecule has 0 fully saturated rings. The highest BCUT2D eigenvalue weighted by atomic mass is 35.5. The van der Waals surface area contributed by atoms with Gasteiger partial charge in [0.05, 0.1) is 11.6 Å². The molecule has 0 saturated carbocycles. The maximum atomic E-state index is 9.56. The van der Waals surface area contributed by atoms with Crippen LogP contribution in [0.1, 0.15) is 22.7 Å². The van der Waals surface area contributed by atoms with Crippen molar-refractivity contribution in [3.63, 3.8) is 0 Å². The zero-order valence-electron chi connectivity index (χ0n) is 13.0. The summed E-state index contributed by atoms with van der Waals surface area (Å²) in [5.74, 6) is 0. The fourth-order valence-corrected chi connectivity index (χ4v) is 2.87. The average Bonchev–Trinajstić information content (AvgIpc) is 2.53. The van der Waals surface area contributed by atoms with E-state index in [1.54, 1.807) is 0 Å². The summed E-state index contributed by atoms with van der Waals surface area (Å²) in [4.78, 5) is 4.48. The van der Waals surface area contributed by atoms with E-state index < -0.39 is 6.04 Å². The van der Waals surface area contributed by atoms with Gasteiger partial charge in [0.25, 0.3) is 0 Å². The monoisotopic (exact) mass is 321 g/mol. The third kappa shape index (κ3) is 3.13. The molecule has 0 spiro atoms. The van der Waals surface area contributed by atoms with Gasteiger partial charge in [-0.25, -0.2) is 4.98 Å². The lowest BCUT2D eigenvalue weighted by Gasteiger charge is -2.16. The Labute approximate surface area is 140 Å². The number of nitrogens with zero attached hydrogens (tertiary/aromatic N) is 2. The zero-order chi connectivity index (χ0) is 16.4. The third-order valence-corrected chi connectivity index (χ3v) is 4.10. The molecule has 1 heterocycles. The van der Waals surface area contributed by atoms with Crippen molar-refractivity contribution in [2.45, 2.75) is 19.9 Å². The van der Waals surface area contributed by atoms with Crippen molar-refractivity contribution in [1.29, 1.82) is 5.26 Å². The van der Waals surface area contributed by atoms with Gasteiger partial charge in [0.1, 0.15) is 11.2 Å². The highest BCUT2D eigenvalue weighted by Gasteiger charge is 2.17. The molecular weight excluding hydrogens is 306 g/mol. The minimum absolute atomic E-state index is 0.360. The fourth-order valence-electron chi connectivity index (χ4n) is 2.62. The summed E-state index contributed by atoms with van der Waals surface area (Å²) in [5, 5.41) is 14.1. The van der Waals surface area contributed by atoms with Gasteiger partial charge in [-0.15, -0.1) is 0 Å². The molecule has 23 heavy (non-hydrogen) atoms. The number of fused-ring (bicyclic) bond motifs is 1. The summed E-state index contributed by atoms with van der Waals surface area (Å²) in [7, 11) is 0. The second-order valence-electron chi connectivity index (χ2n) is 5.59. The molecule has 0 amide bonds. The van der Waals surface area contributed by atoms with Crippen LogP contribution in [0, 0.1) is 25.2 Å². The lowest BCUT2D eigenvalue weighted by Crippen LogP contribution is -2.10. The Morgan fingerprint density at radius 3 is 2.65 bits per heavy atom. The summed E-state index contributed by atoms with van der Waals surface area (Å²) in [6.45, 7) is 4.01. The zero-order valence-corrected chi connectivity index (χ0v) is 13.7. The van der Waals surface area contributed by atoms with Crippen molar-refractivity contribution in [3.05, 3.63) is 70.4 Å². The highest BCUT2D eigenvalue weighted by molar-refractivity contribution is 6.30. The first-order valence-corrected chi connectivity index (χ1v) is 7.75. The van der Waals surface area contributed by atoms with Crippen LogP contribution in [0.4, 0.5) is 5.69 Å². The number of pyridine rings is 1. The van der Waals surface area contributed by atoms with Crippen LogP contribution in [0.3, 0.4) is 0 Å². The molecule has 0 bridgehead atoms. The van der Waals surface area contributed by atoms with E-state index in [4.69, 9.17) is 11.6 Å². The maximum Gasteiger partial charge on any atom is 0.143 e. The van der Waals surface area contributed by atoms with Gasteiger partial charge in [0, 0.05) is 16.6 Å². The quantitative estimate of drug-likeness (QED) is 0.676. The van der Waals surface area contributed by atoms with Gasteiger partial charge in [-0.05, 0) is 43.2 Å². The van der Waals surface area contributed by atoms with Crippen molar-refractivity contribution in [2.75, 3.05) is 5.32 Å². The number of hydrogen-bond acceptors (Lipinski definition) is 3. The maximum absolute atomic E-state index is 9.56. The van der Waals surface area contributed by atoms with E-state index in [0.717, 1.165) is 27.7 Å². The molecule has 1 N–H and O–H groups in total. The van der Waals surface area contributed by atoms with Gasteiger partial charge in [0.15, 0.2) is 0 Å². The fraction of sp³-hybridized carbons (Fsp3) is 0.158. The van der Waals surface area contributed by atoms with Gasteiger partial charge >= 0.3 is 0 Å². The van der Waals surface area contributed by atoms with Crippen LogP contribution in [0.15, 0.2) is 48.5 Å². The molecule has 3 nitrogen and oxygen atoms in total. The Kier molecular flexibility index (Phi) is 4.18. The number of hydrogen-bond donors (Lipinski definition) is 1. The third-order valence-electron chi connectivity index (χ3n) is 3.80. The minimum Gasteiger partial charge on any atom is -0.366 e. The van der Waals surface area contributed by atoms with Gasteiger partial charge in [-0.2, -0.15) is 5.26 Å². The van der Waals surface area contributed by atoms with Crippen LogP contribution >= 0.6 is 11.6 Å². The van der Waals surface area contributed by atoms with Crippen LogP contribution in [0.2, 0.25) is 5.15 Å². The Bertz CT molecular complexity index is 912. The lowest BCUT2D eigenvalue weighted by atomic mass is 10.0. The first-order chi connectivity index (χ1) is 11.1. The van der Waals surface area contributed by atoms with Gasteiger partial charge < -0.3 is 5.32 Å². The van der Waals surface area contributed by atoms with E-state index in [9.17, 15) is 5.26 Å². The molecule has 0 aliphatic heterocycles. The van der Waals surface area contributed by atoms with Gasteiger partial charge in [-0.1, -0.05) is 41.9 Å². The van der Waals surface area contributed by atoms with Crippen LogP contribution in [-0.4, -0.2) is 4.98 Å². The number of anilines is 1. The summed E-state index contributed by atoms with van der Waals surface area (Å²) < 4.78 is 0. The number of rotatable bonds is 3. The molecule has 1 atom stereocenters. The van der Waals surface area contributed by atoms with E-state index >= 15 is 0 Å². The van der Waals surface area contributed by atoms with Crippen molar-refractivity contribution >= 4 is 28.2 Å². The van der Waals surface area contributed by atoms with Crippen LogP contribution < -0.4 is 5.32 Å². The first kappa shape index (κ1) is 15.3. The number of nitrogens with one attached hydrogen (secondary N) is 1. The van der Waals surface area contributed by atoms with Crippen molar-refractivity contribution in [3.8, 4) is 6.07 Å². The van der Waals surface area contributed by atoms with E-state index in [0.29, 0.717) is 10.7 Å². The largest absolute Gasteiger partial charge is 0.366 e.